The third kappa shape index (κ3) is 3.29. The Morgan fingerprint density at radius 3 is 2.35 bits per heavy atom. The molecule has 0 amide bonds. The molecule has 2 rings (SSSR count). The van der Waals surface area contributed by atoms with Gasteiger partial charge in [0, 0.05) is 0 Å². The van der Waals surface area contributed by atoms with E-state index in [1.165, 1.54) is 12.1 Å². The van der Waals surface area contributed by atoms with Gasteiger partial charge in [-0.3, -0.25) is 0 Å². The summed E-state index contributed by atoms with van der Waals surface area (Å²) in [6, 6.07) is 12.3. The molecule has 0 aliphatic rings. The van der Waals surface area contributed by atoms with E-state index in [-0.39, 0.29) is 11.3 Å². The second-order valence-corrected chi connectivity index (χ2v) is 4.41. The van der Waals surface area contributed by atoms with E-state index >= 15 is 0 Å². The lowest BCUT2D eigenvalue weighted by Crippen LogP contribution is -1.99. The van der Waals surface area contributed by atoms with E-state index in [0.29, 0.717) is 13.0 Å². The fraction of sp³-hybridized carbons (Fsp3) is 0.188. The molecule has 0 saturated heterocycles. The van der Waals surface area contributed by atoms with Crippen LogP contribution in [0.15, 0.2) is 42.5 Å². The number of aromatic carboxylic acids is 1. The summed E-state index contributed by atoms with van der Waals surface area (Å²) in [5.74, 6) is -0.530. The molecule has 20 heavy (non-hydrogen) atoms. The molecule has 0 saturated carbocycles. The Balaban J connectivity index is 2.17. The standard InChI is InChI=1S/C16H16O4/c1-2-20-13-6-3-11(4-7-13)9-12-5-8-15(17)14(10-12)16(18)19/h3-8,10,17H,2,9H2,1H3,(H,18,19). The van der Waals surface area contributed by atoms with Crippen molar-refractivity contribution in [2.45, 2.75) is 13.3 Å². The monoisotopic (exact) mass is 272 g/mol. The average molecular weight is 272 g/mol. The third-order valence-corrected chi connectivity index (χ3v) is 2.93. The van der Waals surface area contributed by atoms with Gasteiger partial charge in [-0.1, -0.05) is 18.2 Å². The Bertz CT molecular complexity index is 602. The first-order valence-electron chi connectivity index (χ1n) is 6.37. The van der Waals surface area contributed by atoms with Crippen molar-refractivity contribution in [2.24, 2.45) is 0 Å². The number of benzene rings is 2. The highest BCUT2D eigenvalue weighted by atomic mass is 16.5. The van der Waals surface area contributed by atoms with Crippen LogP contribution in [-0.2, 0) is 6.42 Å². The minimum Gasteiger partial charge on any atom is -0.507 e. The summed E-state index contributed by atoms with van der Waals surface area (Å²) >= 11 is 0. The van der Waals surface area contributed by atoms with Crippen LogP contribution >= 0.6 is 0 Å². The van der Waals surface area contributed by atoms with Crippen LogP contribution in [-0.4, -0.2) is 22.8 Å². The van der Waals surface area contributed by atoms with Crippen molar-refractivity contribution < 1.29 is 19.7 Å². The molecule has 0 heterocycles. The zero-order chi connectivity index (χ0) is 14.5. The number of rotatable bonds is 5. The van der Waals surface area contributed by atoms with E-state index < -0.39 is 5.97 Å². The quantitative estimate of drug-likeness (QED) is 0.877. The van der Waals surface area contributed by atoms with E-state index in [2.05, 4.69) is 0 Å². The molecule has 4 nitrogen and oxygen atoms in total. The van der Waals surface area contributed by atoms with Crippen molar-refractivity contribution in [2.75, 3.05) is 6.61 Å². The van der Waals surface area contributed by atoms with Crippen LogP contribution in [0.1, 0.15) is 28.4 Å². The second kappa shape index (κ2) is 6.10. The number of hydrogen-bond donors (Lipinski definition) is 2. The minimum atomic E-state index is -1.13. The summed E-state index contributed by atoms with van der Waals surface area (Å²) in [7, 11) is 0. The van der Waals surface area contributed by atoms with Crippen LogP contribution in [0.25, 0.3) is 0 Å². The maximum absolute atomic E-state index is 11.0. The molecule has 0 aliphatic carbocycles. The van der Waals surface area contributed by atoms with Crippen LogP contribution in [0.2, 0.25) is 0 Å². The van der Waals surface area contributed by atoms with Crippen LogP contribution in [0, 0.1) is 0 Å². The maximum atomic E-state index is 11.0. The van der Waals surface area contributed by atoms with Crippen LogP contribution in [0.4, 0.5) is 0 Å². The average Bonchev–Trinajstić information content (AvgIpc) is 2.43. The Morgan fingerprint density at radius 2 is 1.75 bits per heavy atom. The summed E-state index contributed by atoms with van der Waals surface area (Å²) in [6.07, 6.45) is 0.604. The molecule has 2 N–H and O–H groups in total. The number of aromatic hydroxyl groups is 1. The lowest BCUT2D eigenvalue weighted by molar-refractivity contribution is 0.0693. The highest BCUT2D eigenvalue weighted by molar-refractivity contribution is 5.90. The molecule has 0 unspecified atom stereocenters. The van der Waals surface area contributed by atoms with Crippen molar-refractivity contribution in [3.8, 4) is 11.5 Å². The normalized spacial score (nSPS) is 10.2. The molecule has 0 fully saturated rings. The van der Waals surface area contributed by atoms with Gasteiger partial charge in [-0.15, -0.1) is 0 Å². The SMILES string of the molecule is CCOc1ccc(Cc2ccc(O)c(C(=O)O)c2)cc1. The zero-order valence-corrected chi connectivity index (χ0v) is 11.2. The molecule has 0 radical (unpaired) electrons. The van der Waals surface area contributed by atoms with E-state index in [1.807, 2.05) is 31.2 Å². The number of carboxylic acids is 1. The molecule has 0 bridgehead atoms. The second-order valence-electron chi connectivity index (χ2n) is 4.41. The van der Waals surface area contributed by atoms with Gasteiger partial charge in [-0.05, 0) is 48.7 Å². The predicted octanol–water partition coefficient (Wildman–Crippen LogP) is 3.08. The molecular weight excluding hydrogens is 256 g/mol. The van der Waals surface area contributed by atoms with Crippen molar-refractivity contribution in [3.05, 3.63) is 59.2 Å². The smallest absolute Gasteiger partial charge is 0.339 e. The summed E-state index contributed by atoms with van der Waals surface area (Å²) in [5, 5.41) is 18.4. The molecule has 104 valence electrons. The predicted molar refractivity (Wildman–Crippen MR) is 75.5 cm³/mol. The highest BCUT2D eigenvalue weighted by Gasteiger charge is 2.10. The Hall–Kier alpha value is -2.49. The van der Waals surface area contributed by atoms with Gasteiger partial charge in [-0.2, -0.15) is 0 Å². The summed E-state index contributed by atoms with van der Waals surface area (Å²) in [6.45, 7) is 2.55. The summed E-state index contributed by atoms with van der Waals surface area (Å²) < 4.78 is 5.37. The largest absolute Gasteiger partial charge is 0.507 e. The third-order valence-electron chi connectivity index (χ3n) is 2.93. The van der Waals surface area contributed by atoms with E-state index in [1.54, 1.807) is 6.07 Å². The molecule has 0 atom stereocenters. The molecule has 0 spiro atoms. The first kappa shape index (κ1) is 13.9. The number of carboxylic acid groups (broad SMARTS) is 1. The first-order valence-corrected chi connectivity index (χ1v) is 6.37. The summed E-state index contributed by atoms with van der Waals surface area (Å²) in [4.78, 5) is 11.0. The van der Waals surface area contributed by atoms with Gasteiger partial charge >= 0.3 is 5.97 Å². The molecule has 2 aromatic rings. The Morgan fingerprint density at radius 1 is 1.10 bits per heavy atom. The van der Waals surface area contributed by atoms with Crippen molar-refractivity contribution >= 4 is 5.97 Å². The van der Waals surface area contributed by atoms with Crippen LogP contribution < -0.4 is 4.74 Å². The van der Waals surface area contributed by atoms with Gasteiger partial charge in [0.05, 0.1) is 6.61 Å². The number of hydrogen-bond acceptors (Lipinski definition) is 3. The van der Waals surface area contributed by atoms with Crippen molar-refractivity contribution in [1.82, 2.24) is 0 Å². The fourth-order valence-electron chi connectivity index (χ4n) is 1.97. The fourth-order valence-corrected chi connectivity index (χ4v) is 1.97. The topological polar surface area (TPSA) is 66.8 Å². The summed E-state index contributed by atoms with van der Waals surface area (Å²) in [5.41, 5.74) is 1.81. The van der Waals surface area contributed by atoms with Gasteiger partial charge in [0.15, 0.2) is 0 Å². The van der Waals surface area contributed by atoms with Gasteiger partial charge in [0.25, 0.3) is 0 Å². The van der Waals surface area contributed by atoms with Gasteiger partial charge in [-0.25, -0.2) is 4.79 Å². The molecule has 0 aliphatic heterocycles. The zero-order valence-electron chi connectivity index (χ0n) is 11.2. The van der Waals surface area contributed by atoms with Crippen molar-refractivity contribution in [3.63, 3.8) is 0 Å². The first-order chi connectivity index (χ1) is 9.60. The maximum Gasteiger partial charge on any atom is 0.339 e. The molecule has 0 aromatic heterocycles. The lowest BCUT2D eigenvalue weighted by atomic mass is 10.0. The Labute approximate surface area is 117 Å². The van der Waals surface area contributed by atoms with E-state index in [0.717, 1.165) is 16.9 Å². The van der Waals surface area contributed by atoms with Crippen molar-refractivity contribution in [1.29, 1.82) is 0 Å². The van der Waals surface area contributed by atoms with E-state index in [9.17, 15) is 9.90 Å². The van der Waals surface area contributed by atoms with E-state index in [4.69, 9.17) is 9.84 Å². The van der Waals surface area contributed by atoms with Gasteiger partial charge in [0.2, 0.25) is 0 Å². The number of phenols is 1. The molecular formula is C16H16O4. The van der Waals surface area contributed by atoms with Crippen LogP contribution in [0.5, 0.6) is 11.5 Å². The number of carbonyl (C=O) groups is 1. The van der Waals surface area contributed by atoms with Gasteiger partial charge in [0.1, 0.15) is 17.1 Å². The van der Waals surface area contributed by atoms with Crippen LogP contribution in [0.3, 0.4) is 0 Å². The molecule has 2 aromatic carbocycles. The lowest BCUT2D eigenvalue weighted by Gasteiger charge is -2.07. The Kier molecular flexibility index (Phi) is 4.25. The number of ether oxygens (including phenoxy) is 1. The molecule has 4 heteroatoms. The van der Waals surface area contributed by atoms with Gasteiger partial charge < -0.3 is 14.9 Å². The highest BCUT2D eigenvalue weighted by Crippen LogP contribution is 2.21. The minimum absolute atomic E-state index is 0.0755.